The van der Waals surface area contributed by atoms with Crippen LogP contribution in [0, 0.1) is 0 Å². The summed E-state index contributed by atoms with van der Waals surface area (Å²) in [4.78, 5) is 12.6. The molecule has 34 heavy (non-hydrogen) atoms. The SMILES string of the molecule is COC(=O)C1OC(CSCc2ccccc2)C(OCc2ccccc2)C1OCc1ccccc1. The molecule has 178 valence electrons. The molecule has 6 heteroatoms. The highest BCUT2D eigenvalue weighted by Crippen LogP contribution is 2.32. The number of thioether (sulfide) groups is 1. The van der Waals surface area contributed by atoms with E-state index < -0.39 is 24.3 Å². The zero-order valence-corrected chi connectivity index (χ0v) is 20.1. The molecule has 5 nitrogen and oxygen atoms in total. The second kappa shape index (κ2) is 12.7. The van der Waals surface area contributed by atoms with Gasteiger partial charge in [-0.3, -0.25) is 0 Å². The first-order chi connectivity index (χ1) is 16.7. The summed E-state index contributed by atoms with van der Waals surface area (Å²) in [6.45, 7) is 0.769. The van der Waals surface area contributed by atoms with E-state index in [1.807, 2.05) is 78.9 Å². The highest BCUT2D eigenvalue weighted by atomic mass is 32.2. The van der Waals surface area contributed by atoms with Crippen LogP contribution in [0.5, 0.6) is 0 Å². The van der Waals surface area contributed by atoms with Gasteiger partial charge in [-0.25, -0.2) is 4.79 Å². The second-order valence-electron chi connectivity index (χ2n) is 8.14. The molecule has 3 aromatic carbocycles. The summed E-state index contributed by atoms with van der Waals surface area (Å²) in [5, 5.41) is 0. The molecule has 1 aliphatic rings. The molecule has 0 N–H and O–H groups in total. The molecule has 1 saturated heterocycles. The van der Waals surface area contributed by atoms with Crippen molar-refractivity contribution in [2.24, 2.45) is 0 Å². The number of carbonyl (C=O) groups excluding carboxylic acids is 1. The Bertz CT molecular complexity index is 999. The van der Waals surface area contributed by atoms with E-state index in [1.54, 1.807) is 11.8 Å². The number of methoxy groups -OCH3 is 1. The van der Waals surface area contributed by atoms with Crippen molar-refractivity contribution in [1.29, 1.82) is 0 Å². The molecule has 0 amide bonds. The van der Waals surface area contributed by atoms with E-state index in [9.17, 15) is 4.79 Å². The van der Waals surface area contributed by atoms with Crippen molar-refractivity contribution < 1.29 is 23.7 Å². The number of benzene rings is 3. The van der Waals surface area contributed by atoms with Gasteiger partial charge in [-0.2, -0.15) is 11.8 Å². The molecular formula is C28H30O5S. The summed E-state index contributed by atoms with van der Waals surface area (Å²) in [5.41, 5.74) is 3.32. The minimum absolute atomic E-state index is 0.303. The lowest BCUT2D eigenvalue weighted by Gasteiger charge is -2.24. The van der Waals surface area contributed by atoms with Crippen LogP contribution in [0.2, 0.25) is 0 Å². The monoisotopic (exact) mass is 478 g/mol. The summed E-state index contributed by atoms with van der Waals surface area (Å²) in [6, 6.07) is 30.2. The fourth-order valence-corrected chi connectivity index (χ4v) is 5.00. The second-order valence-corrected chi connectivity index (χ2v) is 9.17. The topological polar surface area (TPSA) is 54.0 Å². The van der Waals surface area contributed by atoms with Crippen LogP contribution in [0.15, 0.2) is 91.0 Å². The molecule has 4 atom stereocenters. The van der Waals surface area contributed by atoms with Crippen molar-refractivity contribution in [3.8, 4) is 0 Å². The van der Waals surface area contributed by atoms with Crippen LogP contribution in [0.1, 0.15) is 16.7 Å². The van der Waals surface area contributed by atoms with E-state index in [1.165, 1.54) is 12.7 Å². The molecule has 0 aromatic heterocycles. The maximum Gasteiger partial charge on any atom is 0.337 e. The van der Waals surface area contributed by atoms with Crippen LogP contribution >= 0.6 is 11.8 Å². The molecule has 0 saturated carbocycles. The van der Waals surface area contributed by atoms with Gasteiger partial charge in [0.2, 0.25) is 0 Å². The van der Waals surface area contributed by atoms with Gasteiger partial charge in [0.05, 0.1) is 26.4 Å². The maximum atomic E-state index is 12.6. The lowest BCUT2D eigenvalue weighted by molar-refractivity contribution is -0.159. The lowest BCUT2D eigenvalue weighted by atomic mass is 10.1. The van der Waals surface area contributed by atoms with Gasteiger partial charge in [0.15, 0.2) is 6.10 Å². The zero-order valence-electron chi connectivity index (χ0n) is 19.2. The summed E-state index contributed by atoms with van der Waals surface area (Å²) in [6.07, 6.45) is -2.12. The van der Waals surface area contributed by atoms with Gasteiger partial charge in [0.1, 0.15) is 12.2 Å². The predicted octanol–water partition coefficient (Wildman–Crippen LogP) is 5.03. The molecular weight excluding hydrogens is 448 g/mol. The van der Waals surface area contributed by atoms with E-state index in [0.717, 1.165) is 16.9 Å². The first kappa shape index (κ1) is 24.5. The van der Waals surface area contributed by atoms with Gasteiger partial charge in [0, 0.05) is 11.5 Å². The molecule has 4 unspecified atom stereocenters. The third kappa shape index (κ3) is 6.70. The standard InChI is InChI=1S/C28H30O5S/c1-30-28(29)27-26(32-18-22-13-7-3-8-14-22)25(31-17-21-11-5-2-6-12-21)24(33-27)20-34-19-23-15-9-4-10-16-23/h2-16,24-27H,17-20H2,1H3. The van der Waals surface area contributed by atoms with Crippen molar-refractivity contribution in [2.75, 3.05) is 12.9 Å². The average molecular weight is 479 g/mol. The minimum Gasteiger partial charge on any atom is -0.467 e. The van der Waals surface area contributed by atoms with Crippen LogP contribution in [0.4, 0.5) is 0 Å². The van der Waals surface area contributed by atoms with Crippen molar-refractivity contribution >= 4 is 17.7 Å². The van der Waals surface area contributed by atoms with E-state index in [-0.39, 0.29) is 6.10 Å². The Morgan fingerprint density at radius 2 is 1.26 bits per heavy atom. The van der Waals surface area contributed by atoms with E-state index in [4.69, 9.17) is 18.9 Å². The van der Waals surface area contributed by atoms with Crippen LogP contribution in [-0.4, -0.2) is 43.2 Å². The Labute approximate surface area is 205 Å². The maximum absolute atomic E-state index is 12.6. The molecule has 4 rings (SSSR count). The van der Waals surface area contributed by atoms with E-state index >= 15 is 0 Å². The van der Waals surface area contributed by atoms with Crippen LogP contribution in [0.25, 0.3) is 0 Å². The predicted molar refractivity (Wildman–Crippen MR) is 133 cm³/mol. The molecule has 1 aliphatic heterocycles. The minimum atomic E-state index is -0.836. The summed E-state index contributed by atoms with van der Waals surface area (Å²) >= 11 is 1.75. The van der Waals surface area contributed by atoms with Crippen LogP contribution in [0.3, 0.4) is 0 Å². The van der Waals surface area contributed by atoms with Crippen molar-refractivity contribution in [1.82, 2.24) is 0 Å². The third-order valence-corrected chi connectivity index (χ3v) is 6.81. The fourth-order valence-electron chi connectivity index (χ4n) is 3.95. The van der Waals surface area contributed by atoms with Gasteiger partial charge >= 0.3 is 5.97 Å². The molecule has 1 fully saturated rings. The number of ether oxygens (including phenoxy) is 4. The summed E-state index contributed by atoms with van der Waals surface area (Å²) in [5.74, 6) is 1.08. The molecule has 0 aliphatic carbocycles. The first-order valence-corrected chi connectivity index (χ1v) is 12.6. The number of hydrogen-bond acceptors (Lipinski definition) is 6. The Morgan fingerprint density at radius 3 is 1.79 bits per heavy atom. The molecule has 0 bridgehead atoms. The first-order valence-electron chi connectivity index (χ1n) is 11.4. The zero-order chi connectivity index (χ0) is 23.6. The molecule has 0 radical (unpaired) electrons. The molecule has 1 heterocycles. The average Bonchev–Trinajstić information content (AvgIpc) is 3.24. The normalized spacial score (nSPS) is 21.9. The van der Waals surface area contributed by atoms with Crippen LogP contribution < -0.4 is 0 Å². The van der Waals surface area contributed by atoms with Crippen molar-refractivity contribution in [2.45, 2.75) is 43.4 Å². The van der Waals surface area contributed by atoms with Gasteiger partial charge < -0.3 is 18.9 Å². The Hall–Kier alpha value is -2.64. The van der Waals surface area contributed by atoms with E-state index in [0.29, 0.717) is 19.0 Å². The summed E-state index contributed by atoms with van der Waals surface area (Å²) in [7, 11) is 1.37. The van der Waals surface area contributed by atoms with Gasteiger partial charge in [0.25, 0.3) is 0 Å². The Morgan fingerprint density at radius 1 is 0.765 bits per heavy atom. The number of carbonyl (C=O) groups is 1. The summed E-state index contributed by atoms with van der Waals surface area (Å²) < 4.78 is 23.9. The number of rotatable bonds is 11. The van der Waals surface area contributed by atoms with Gasteiger partial charge in [-0.1, -0.05) is 91.0 Å². The largest absolute Gasteiger partial charge is 0.467 e. The highest BCUT2D eigenvalue weighted by Gasteiger charge is 2.50. The van der Waals surface area contributed by atoms with Crippen molar-refractivity contribution in [3.05, 3.63) is 108 Å². The Kier molecular flexibility index (Phi) is 9.16. The van der Waals surface area contributed by atoms with Crippen molar-refractivity contribution in [3.63, 3.8) is 0 Å². The smallest absolute Gasteiger partial charge is 0.337 e. The third-order valence-electron chi connectivity index (χ3n) is 5.71. The molecule has 0 spiro atoms. The van der Waals surface area contributed by atoms with E-state index in [2.05, 4.69) is 12.1 Å². The quantitative estimate of drug-likeness (QED) is 0.360. The molecule has 3 aromatic rings. The highest BCUT2D eigenvalue weighted by molar-refractivity contribution is 7.98. The fraction of sp³-hybridized carbons (Fsp3) is 0.321. The van der Waals surface area contributed by atoms with Gasteiger partial charge in [-0.05, 0) is 16.7 Å². The lowest BCUT2D eigenvalue weighted by Crippen LogP contribution is -2.41. The van der Waals surface area contributed by atoms with Crippen LogP contribution in [-0.2, 0) is 42.7 Å². The number of hydrogen-bond donors (Lipinski definition) is 0. The van der Waals surface area contributed by atoms with Gasteiger partial charge in [-0.15, -0.1) is 0 Å². The Balaban J connectivity index is 1.48. The number of esters is 1.